The molecule has 0 aromatic carbocycles. The van der Waals surface area contributed by atoms with Gasteiger partial charge in [0.15, 0.2) is 18.9 Å². The molecule has 7 fully saturated rings. The van der Waals surface area contributed by atoms with Crippen LogP contribution in [-0.4, -0.2) is 135 Å². The zero-order chi connectivity index (χ0) is 39.2. The summed E-state index contributed by atoms with van der Waals surface area (Å²) in [7, 11) is 0. The van der Waals surface area contributed by atoms with Gasteiger partial charge in [-0.25, -0.2) is 4.79 Å². The standard InChI is InChI=1S/C41H64O14/c1-19-36(47)28(42)15-34(50-19)54-38-21(3)52-35(17-30(38)44)55-37-20(2)51-33(16-29(37)43)53-24-8-10-39(4)23(13-24)6-7-26-27(39)14-31(45)40(5)25(9-11-41(26,40)48)22-12-32(46)49-18-22/h12,19-21,23-31,33-38,42-45,47-48H,6-11,13-18H2,1-5H3/t19?,20?,21?,23?,24?,25-,26-,27+,28?,29?,30?,31?,33+,34+,35+,36?,37+,38+,39?,40+,41?/m1/s1. The van der Waals surface area contributed by atoms with E-state index < -0.39 is 90.9 Å². The third-order valence-corrected chi connectivity index (χ3v) is 16.0. The Bertz CT molecular complexity index is 1410. The van der Waals surface area contributed by atoms with Gasteiger partial charge in [-0.15, -0.1) is 0 Å². The summed E-state index contributed by atoms with van der Waals surface area (Å²) in [6.07, 6.45) is -1.51. The first kappa shape index (κ1) is 40.5. The van der Waals surface area contributed by atoms with Crippen LogP contribution in [0.1, 0.15) is 105 Å². The number of rotatable bonds is 7. The Balaban J connectivity index is 0.837. The lowest BCUT2D eigenvalue weighted by atomic mass is 9.42. The maximum atomic E-state index is 12.6. The number of cyclic esters (lactones) is 1. The van der Waals surface area contributed by atoms with Crippen LogP contribution in [0, 0.1) is 34.5 Å². The van der Waals surface area contributed by atoms with Gasteiger partial charge in [-0.05, 0) is 107 Å². The molecule has 55 heavy (non-hydrogen) atoms. The van der Waals surface area contributed by atoms with E-state index in [-0.39, 0.29) is 61.1 Å². The van der Waals surface area contributed by atoms with E-state index in [1.807, 2.05) is 13.8 Å². The predicted octanol–water partition coefficient (Wildman–Crippen LogP) is 2.22. The highest BCUT2D eigenvalue weighted by Crippen LogP contribution is 2.70. The van der Waals surface area contributed by atoms with E-state index in [0.717, 1.165) is 44.1 Å². The van der Waals surface area contributed by atoms with Gasteiger partial charge in [-0.2, -0.15) is 0 Å². The molecule has 0 radical (unpaired) electrons. The Morgan fingerprint density at radius 3 is 1.87 bits per heavy atom. The fourth-order valence-corrected chi connectivity index (χ4v) is 12.8. The maximum absolute atomic E-state index is 12.6. The van der Waals surface area contributed by atoms with Crippen molar-refractivity contribution >= 4 is 5.97 Å². The molecule has 14 heteroatoms. The number of ether oxygens (including phenoxy) is 7. The molecule has 4 saturated carbocycles. The lowest BCUT2D eigenvalue weighted by molar-refractivity contribution is -0.336. The summed E-state index contributed by atoms with van der Waals surface area (Å²) >= 11 is 0. The van der Waals surface area contributed by atoms with Crippen molar-refractivity contribution in [1.29, 1.82) is 0 Å². The molecule has 8 rings (SSSR count). The monoisotopic (exact) mass is 780 g/mol. The van der Waals surface area contributed by atoms with Gasteiger partial charge in [0.25, 0.3) is 0 Å². The molecule has 21 atom stereocenters. The number of carbonyl (C=O) groups excluding carboxylic acids is 1. The zero-order valence-electron chi connectivity index (χ0n) is 32.9. The lowest BCUT2D eigenvalue weighted by Crippen LogP contribution is -2.67. The topological polar surface area (TPSA) is 203 Å². The van der Waals surface area contributed by atoms with E-state index in [1.54, 1.807) is 19.9 Å². The average molecular weight is 781 g/mol. The van der Waals surface area contributed by atoms with Crippen LogP contribution >= 0.6 is 0 Å². The second kappa shape index (κ2) is 15.1. The van der Waals surface area contributed by atoms with Gasteiger partial charge in [0.2, 0.25) is 0 Å². The van der Waals surface area contributed by atoms with Crippen molar-refractivity contribution in [2.24, 2.45) is 34.5 Å². The van der Waals surface area contributed by atoms with Crippen LogP contribution in [0.25, 0.3) is 0 Å². The fraction of sp³-hybridized carbons (Fsp3) is 0.927. The number of hydrogen-bond acceptors (Lipinski definition) is 14. The molecule has 0 amide bonds. The van der Waals surface area contributed by atoms with Gasteiger partial charge in [0.1, 0.15) is 24.9 Å². The Hall–Kier alpha value is -1.27. The van der Waals surface area contributed by atoms with Gasteiger partial charge in [-0.3, -0.25) is 0 Å². The van der Waals surface area contributed by atoms with E-state index in [4.69, 9.17) is 33.2 Å². The highest BCUT2D eigenvalue weighted by atomic mass is 16.7. The van der Waals surface area contributed by atoms with Crippen LogP contribution in [0.5, 0.6) is 0 Å². The third-order valence-electron chi connectivity index (χ3n) is 16.0. The van der Waals surface area contributed by atoms with E-state index >= 15 is 0 Å². The molecule has 0 aromatic heterocycles. The summed E-state index contributed by atoms with van der Waals surface area (Å²) in [6, 6.07) is 0. The number of esters is 1. The number of carbonyl (C=O) groups is 1. The Morgan fingerprint density at radius 1 is 0.691 bits per heavy atom. The Kier molecular flexibility index (Phi) is 11.1. The number of fused-ring (bicyclic) bond motifs is 5. The fourth-order valence-electron chi connectivity index (χ4n) is 12.8. The Labute approximate surface area is 323 Å². The van der Waals surface area contributed by atoms with E-state index in [0.29, 0.717) is 18.8 Å². The van der Waals surface area contributed by atoms with Crippen molar-refractivity contribution in [1.82, 2.24) is 0 Å². The summed E-state index contributed by atoms with van der Waals surface area (Å²) in [5.74, 6) is 0.204. The molecule has 0 spiro atoms. The summed E-state index contributed by atoms with van der Waals surface area (Å²) in [6.45, 7) is 9.90. The number of aliphatic hydroxyl groups is 6. The molecule has 312 valence electrons. The van der Waals surface area contributed by atoms with Gasteiger partial charge in [0, 0.05) is 30.8 Å². The highest BCUT2D eigenvalue weighted by Gasteiger charge is 2.71. The van der Waals surface area contributed by atoms with Crippen LogP contribution in [0.3, 0.4) is 0 Å². The molecular formula is C41H64O14. The molecular weight excluding hydrogens is 716 g/mol. The van der Waals surface area contributed by atoms with Crippen LogP contribution in [0.4, 0.5) is 0 Å². The van der Waals surface area contributed by atoms with Crippen LogP contribution < -0.4 is 0 Å². The largest absolute Gasteiger partial charge is 0.458 e. The minimum Gasteiger partial charge on any atom is -0.458 e. The molecule has 8 aliphatic rings. The summed E-state index contributed by atoms with van der Waals surface area (Å²) in [5.41, 5.74) is -0.892. The third kappa shape index (κ3) is 6.95. The van der Waals surface area contributed by atoms with Crippen molar-refractivity contribution in [2.45, 2.75) is 197 Å². The summed E-state index contributed by atoms with van der Waals surface area (Å²) in [5, 5.41) is 66.9. The second-order valence-corrected chi connectivity index (χ2v) is 18.8. The second-order valence-electron chi connectivity index (χ2n) is 18.8. The molecule has 0 aromatic rings. The van der Waals surface area contributed by atoms with E-state index in [1.165, 1.54) is 0 Å². The normalized spacial score (nSPS) is 55.5. The van der Waals surface area contributed by atoms with Gasteiger partial charge in [0.05, 0.1) is 54.4 Å². The summed E-state index contributed by atoms with van der Waals surface area (Å²) in [4.78, 5) is 11.9. The quantitative estimate of drug-likeness (QED) is 0.162. The molecule has 4 heterocycles. The SMILES string of the molecule is CC1O[C@@H](O[C@@H]2C(O)C[C@H](O[C@@H]3C(O)C[C@H](OC4CCC5(C)C(CC[C@@H]6[C@@H]5CC(O)[C@]5(C)[C@@H](C7=CC(=O)OC7)CCC65O)C4)OC3C)OC2C)CC(O)C1O. The highest BCUT2D eigenvalue weighted by molar-refractivity contribution is 5.85. The molecule has 0 bridgehead atoms. The van der Waals surface area contributed by atoms with Crippen molar-refractivity contribution in [3.05, 3.63) is 11.6 Å². The Morgan fingerprint density at radius 2 is 1.29 bits per heavy atom. The maximum Gasteiger partial charge on any atom is 0.331 e. The van der Waals surface area contributed by atoms with Crippen molar-refractivity contribution in [2.75, 3.05) is 6.61 Å². The number of hydrogen-bond donors (Lipinski definition) is 6. The van der Waals surface area contributed by atoms with Crippen LogP contribution in [-0.2, 0) is 38.0 Å². The molecule has 6 N–H and O–H groups in total. The smallest absolute Gasteiger partial charge is 0.331 e. The minimum absolute atomic E-state index is 0.0452. The van der Waals surface area contributed by atoms with Crippen LogP contribution in [0.2, 0.25) is 0 Å². The van der Waals surface area contributed by atoms with Crippen molar-refractivity contribution in [3.63, 3.8) is 0 Å². The molecule has 14 nitrogen and oxygen atoms in total. The first-order valence-corrected chi connectivity index (χ1v) is 20.9. The first-order chi connectivity index (χ1) is 26.0. The van der Waals surface area contributed by atoms with Crippen molar-refractivity contribution < 1.29 is 68.6 Å². The summed E-state index contributed by atoms with van der Waals surface area (Å²) < 4.78 is 42.1. The van der Waals surface area contributed by atoms with Crippen molar-refractivity contribution in [3.8, 4) is 0 Å². The van der Waals surface area contributed by atoms with E-state index in [9.17, 15) is 35.4 Å². The molecule has 3 saturated heterocycles. The van der Waals surface area contributed by atoms with E-state index in [2.05, 4.69) is 6.92 Å². The minimum atomic E-state index is -1.01. The van der Waals surface area contributed by atoms with Gasteiger partial charge in [-0.1, -0.05) is 13.8 Å². The van der Waals surface area contributed by atoms with Gasteiger partial charge < -0.3 is 63.8 Å². The lowest BCUT2D eigenvalue weighted by Gasteiger charge is -2.65. The molecule has 12 unspecified atom stereocenters. The number of aliphatic hydroxyl groups excluding tert-OH is 5. The zero-order valence-corrected chi connectivity index (χ0v) is 32.9. The average Bonchev–Trinajstić information content (AvgIpc) is 3.67. The molecule has 4 aliphatic carbocycles. The molecule has 4 aliphatic heterocycles. The van der Waals surface area contributed by atoms with Crippen LogP contribution in [0.15, 0.2) is 11.6 Å². The van der Waals surface area contributed by atoms with Gasteiger partial charge >= 0.3 is 5.97 Å². The first-order valence-electron chi connectivity index (χ1n) is 20.9. The predicted molar refractivity (Wildman–Crippen MR) is 193 cm³/mol.